The van der Waals surface area contributed by atoms with Gasteiger partial charge < -0.3 is 11.1 Å². The van der Waals surface area contributed by atoms with E-state index < -0.39 is 17.9 Å². The van der Waals surface area contributed by atoms with Gasteiger partial charge in [0.1, 0.15) is 6.04 Å². The SMILES string of the molecule is C=C(Br)C[C@H](NC(=O)c1ccc(C#N)cc1)C(N)=O. The van der Waals surface area contributed by atoms with Crippen LogP contribution in [0.4, 0.5) is 0 Å². The molecule has 1 aromatic rings. The molecule has 1 aromatic carbocycles. The Morgan fingerprint density at radius 3 is 2.42 bits per heavy atom. The largest absolute Gasteiger partial charge is 0.368 e. The maximum Gasteiger partial charge on any atom is 0.251 e. The molecule has 98 valence electrons. The van der Waals surface area contributed by atoms with Gasteiger partial charge in [-0.3, -0.25) is 9.59 Å². The summed E-state index contributed by atoms with van der Waals surface area (Å²) in [5.41, 5.74) is 6.01. The standard InChI is InChI=1S/C13H12BrN3O2/c1-8(14)6-11(12(16)18)17-13(19)10-4-2-9(7-15)3-5-10/h2-5,11H,1,6H2,(H2,16,18)(H,17,19)/t11-/m0/s1. The summed E-state index contributed by atoms with van der Waals surface area (Å²) in [6.07, 6.45) is 0.220. The zero-order valence-corrected chi connectivity index (χ0v) is 11.6. The number of hydrogen-bond donors (Lipinski definition) is 2. The van der Waals surface area contributed by atoms with Gasteiger partial charge in [0.15, 0.2) is 0 Å². The molecule has 1 atom stereocenters. The molecule has 0 bridgehead atoms. The minimum Gasteiger partial charge on any atom is -0.368 e. The molecule has 0 unspecified atom stereocenters. The number of nitrogens with two attached hydrogens (primary N) is 1. The predicted octanol–water partition coefficient (Wildman–Crippen LogP) is 1.44. The number of carbonyl (C=O) groups is 2. The summed E-state index contributed by atoms with van der Waals surface area (Å²) < 4.78 is 0.566. The van der Waals surface area contributed by atoms with Crippen molar-refractivity contribution in [3.8, 4) is 6.07 Å². The van der Waals surface area contributed by atoms with E-state index in [1.54, 1.807) is 0 Å². The fourth-order valence-corrected chi connectivity index (χ4v) is 1.71. The Balaban J connectivity index is 2.78. The Kier molecular flexibility index (Phi) is 5.27. The Bertz CT molecular complexity index is 546. The predicted molar refractivity (Wildman–Crippen MR) is 74.3 cm³/mol. The van der Waals surface area contributed by atoms with Gasteiger partial charge in [0.2, 0.25) is 5.91 Å². The molecule has 0 spiro atoms. The highest BCUT2D eigenvalue weighted by molar-refractivity contribution is 9.11. The van der Waals surface area contributed by atoms with Crippen LogP contribution in [0.1, 0.15) is 22.3 Å². The zero-order chi connectivity index (χ0) is 14.4. The van der Waals surface area contributed by atoms with Gasteiger partial charge in [0.25, 0.3) is 5.91 Å². The molecule has 0 aliphatic carbocycles. The lowest BCUT2D eigenvalue weighted by Crippen LogP contribution is -2.44. The van der Waals surface area contributed by atoms with E-state index >= 15 is 0 Å². The first kappa shape index (κ1) is 14.9. The van der Waals surface area contributed by atoms with Crippen molar-refractivity contribution in [3.63, 3.8) is 0 Å². The summed E-state index contributed by atoms with van der Waals surface area (Å²) in [5.74, 6) is -1.07. The lowest BCUT2D eigenvalue weighted by Gasteiger charge is -2.14. The van der Waals surface area contributed by atoms with Crippen molar-refractivity contribution in [2.24, 2.45) is 5.73 Å². The zero-order valence-electron chi connectivity index (χ0n) is 10.0. The van der Waals surface area contributed by atoms with Gasteiger partial charge in [-0.05, 0) is 28.7 Å². The van der Waals surface area contributed by atoms with Crippen molar-refractivity contribution in [1.29, 1.82) is 5.26 Å². The average molecular weight is 322 g/mol. The molecule has 2 amide bonds. The summed E-state index contributed by atoms with van der Waals surface area (Å²) in [7, 11) is 0. The number of hydrogen-bond acceptors (Lipinski definition) is 3. The molecule has 0 aliphatic rings. The van der Waals surface area contributed by atoms with Crippen LogP contribution in [0.2, 0.25) is 0 Å². The van der Waals surface area contributed by atoms with E-state index in [0.717, 1.165) is 0 Å². The maximum absolute atomic E-state index is 11.9. The topological polar surface area (TPSA) is 96.0 Å². The van der Waals surface area contributed by atoms with Crippen LogP contribution in [0.3, 0.4) is 0 Å². The molecule has 5 nitrogen and oxygen atoms in total. The van der Waals surface area contributed by atoms with E-state index in [1.165, 1.54) is 24.3 Å². The van der Waals surface area contributed by atoms with Crippen molar-refractivity contribution in [2.45, 2.75) is 12.5 Å². The van der Waals surface area contributed by atoms with E-state index in [2.05, 4.69) is 27.8 Å². The molecule has 3 N–H and O–H groups in total. The summed E-state index contributed by atoms with van der Waals surface area (Å²) in [5, 5.41) is 11.2. The number of rotatable bonds is 5. The number of amides is 2. The van der Waals surface area contributed by atoms with Gasteiger partial charge in [0, 0.05) is 12.0 Å². The molecule has 6 heteroatoms. The van der Waals surface area contributed by atoms with Gasteiger partial charge in [-0.25, -0.2) is 0 Å². The van der Waals surface area contributed by atoms with Crippen molar-refractivity contribution in [2.75, 3.05) is 0 Å². The number of nitrogens with zero attached hydrogens (tertiary/aromatic N) is 1. The number of carbonyl (C=O) groups excluding carboxylic acids is 2. The average Bonchev–Trinajstić information content (AvgIpc) is 2.37. The van der Waals surface area contributed by atoms with Crippen LogP contribution >= 0.6 is 15.9 Å². The first-order chi connectivity index (χ1) is 8.93. The highest BCUT2D eigenvalue weighted by Gasteiger charge is 2.19. The molecule has 0 fully saturated rings. The molecule has 0 radical (unpaired) electrons. The third-order valence-electron chi connectivity index (χ3n) is 2.35. The maximum atomic E-state index is 11.9. The van der Waals surface area contributed by atoms with Crippen molar-refractivity contribution in [3.05, 3.63) is 46.5 Å². The summed E-state index contributed by atoms with van der Waals surface area (Å²) in [6.45, 7) is 3.60. The molecule has 19 heavy (non-hydrogen) atoms. The summed E-state index contributed by atoms with van der Waals surface area (Å²) >= 11 is 3.12. The second-order valence-corrected chi connectivity index (χ2v) is 4.96. The van der Waals surface area contributed by atoms with Crippen molar-refractivity contribution >= 4 is 27.7 Å². The van der Waals surface area contributed by atoms with Crippen molar-refractivity contribution in [1.82, 2.24) is 5.32 Å². The van der Waals surface area contributed by atoms with Gasteiger partial charge in [0.05, 0.1) is 11.6 Å². The number of nitriles is 1. The fourth-order valence-electron chi connectivity index (χ4n) is 1.38. The van der Waals surface area contributed by atoms with Crippen LogP contribution < -0.4 is 11.1 Å². The lowest BCUT2D eigenvalue weighted by atomic mass is 10.1. The normalized spacial score (nSPS) is 11.2. The van der Waals surface area contributed by atoms with Gasteiger partial charge in [-0.2, -0.15) is 5.26 Å². The highest BCUT2D eigenvalue weighted by atomic mass is 79.9. The van der Waals surface area contributed by atoms with E-state index in [9.17, 15) is 9.59 Å². The lowest BCUT2D eigenvalue weighted by molar-refractivity contribution is -0.119. The van der Waals surface area contributed by atoms with Crippen LogP contribution in [0, 0.1) is 11.3 Å². The second kappa shape index (κ2) is 6.71. The number of benzene rings is 1. The van der Waals surface area contributed by atoms with Crippen LogP contribution in [-0.4, -0.2) is 17.9 Å². The molecule has 0 heterocycles. The van der Waals surface area contributed by atoms with Crippen molar-refractivity contribution < 1.29 is 9.59 Å². The van der Waals surface area contributed by atoms with E-state index in [0.29, 0.717) is 15.6 Å². The molecular weight excluding hydrogens is 310 g/mol. The highest BCUT2D eigenvalue weighted by Crippen LogP contribution is 2.11. The van der Waals surface area contributed by atoms with Gasteiger partial charge in [-0.15, -0.1) is 0 Å². The molecular formula is C13H12BrN3O2. The monoisotopic (exact) mass is 321 g/mol. The summed E-state index contributed by atoms with van der Waals surface area (Å²) in [4.78, 5) is 23.1. The molecule has 0 saturated heterocycles. The minimum atomic E-state index is -0.824. The quantitative estimate of drug-likeness (QED) is 0.858. The van der Waals surface area contributed by atoms with Crippen LogP contribution in [0.15, 0.2) is 35.3 Å². The third kappa shape index (κ3) is 4.56. The van der Waals surface area contributed by atoms with E-state index in [4.69, 9.17) is 11.0 Å². The van der Waals surface area contributed by atoms with Gasteiger partial charge in [-0.1, -0.05) is 22.5 Å². The van der Waals surface area contributed by atoms with Crippen LogP contribution in [-0.2, 0) is 4.79 Å². The third-order valence-corrected chi connectivity index (χ3v) is 2.67. The number of primary amides is 1. The first-order valence-corrected chi connectivity index (χ1v) is 6.17. The Labute approximate surface area is 119 Å². The molecule has 1 rings (SSSR count). The van der Waals surface area contributed by atoms with E-state index in [-0.39, 0.29) is 6.42 Å². The molecule has 0 saturated carbocycles. The smallest absolute Gasteiger partial charge is 0.251 e. The molecule has 0 aliphatic heterocycles. The summed E-state index contributed by atoms with van der Waals surface area (Å²) in [6, 6.07) is 7.20. The number of nitrogens with one attached hydrogen (secondary N) is 1. The minimum absolute atomic E-state index is 0.220. The van der Waals surface area contributed by atoms with Crippen LogP contribution in [0.25, 0.3) is 0 Å². The molecule has 0 aromatic heterocycles. The Morgan fingerprint density at radius 2 is 2.00 bits per heavy atom. The Hall–Kier alpha value is -2.13. The van der Waals surface area contributed by atoms with E-state index in [1.807, 2.05) is 6.07 Å². The van der Waals surface area contributed by atoms with Crippen LogP contribution in [0.5, 0.6) is 0 Å². The Morgan fingerprint density at radius 1 is 1.42 bits per heavy atom. The second-order valence-electron chi connectivity index (χ2n) is 3.84. The van der Waals surface area contributed by atoms with Gasteiger partial charge >= 0.3 is 0 Å². The fraction of sp³-hybridized carbons (Fsp3) is 0.154. The first-order valence-electron chi connectivity index (χ1n) is 5.37. The number of halogens is 1.